The average molecular weight is 266 g/mol. The van der Waals surface area contributed by atoms with E-state index < -0.39 is 0 Å². The smallest absolute Gasteiger partial charge is 0.118 e. The summed E-state index contributed by atoms with van der Waals surface area (Å²) < 4.78 is 11.1. The molecule has 1 unspecified atom stereocenters. The van der Waals surface area contributed by atoms with E-state index in [9.17, 15) is 0 Å². The zero-order chi connectivity index (χ0) is 13.5. The summed E-state index contributed by atoms with van der Waals surface area (Å²) in [6.07, 6.45) is 2.55. The highest BCUT2D eigenvalue weighted by Crippen LogP contribution is 2.19. The molecule has 1 saturated heterocycles. The maximum Gasteiger partial charge on any atom is 0.118 e. The van der Waals surface area contributed by atoms with E-state index in [2.05, 4.69) is 29.3 Å². The Labute approximate surface area is 116 Å². The minimum absolute atomic E-state index is 0.676. The van der Waals surface area contributed by atoms with Gasteiger partial charge in [0, 0.05) is 13.7 Å². The van der Waals surface area contributed by atoms with E-state index >= 15 is 0 Å². The fourth-order valence-electron chi connectivity index (χ4n) is 2.74. The summed E-state index contributed by atoms with van der Waals surface area (Å²) in [4.78, 5) is 2.48. The van der Waals surface area contributed by atoms with E-state index in [4.69, 9.17) is 9.15 Å². The zero-order valence-corrected chi connectivity index (χ0v) is 12.2. The lowest BCUT2D eigenvalue weighted by atomic mass is 9.99. The molecule has 4 nitrogen and oxygen atoms in total. The highest BCUT2D eigenvalue weighted by Gasteiger charge is 2.20. The normalized spacial score (nSPS) is 20.8. The van der Waals surface area contributed by atoms with Gasteiger partial charge in [0.2, 0.25) is 0 Å². The highest BCUT2D eigenvalue weighted by molar-refractivity contribution is 5.07. The number of piperidine rings is 1. The van der Waals surface area contributed by atoms with Gasteiger partial charge in [-0.3, -0.25) is 4.90 Å². The molecular weight excluding hydrogens is 240 g/mol. The summed E-state index contributed by atoms with van der Waals surface area (Å²) >= 11 is 0. The molecule has 0 bridgehead atoms. The molecule has 0 saturated carbocycles. The summed E-state index contributed by atoms with van der Waals surface area (Å²) in [7, 11) is 1.79. The summed E-state index contributed by atoms with van der Waals surface area (Å²) in [6.45, 7) is 7.99. The van der Waals surface area contributed by atoms with Gasteiger partial charge in [0.15, 0.2) is 0 Å². The number of nitrogens with one attached hydrogen (secondary N) is 1. The molecule has 2 rings (SSSR count). The summed E-state index contributed by atoms with van der Waals surface area (Å²) in [5.74, 6) is 2.78. The summed E-state index contributed by atoms with van der Waals surface area (Å²) in [5, 5.41) is 3.28. The largest absolute Gasteiger partial charge is 0.463 e. The predicted octanol–water partition coefficient (Wildman–Crippen LogP) is 2.25. The van der Waals surface area contributed by atoms with Crippen LogP contribution >= 0.6 is 0 Å². The van der Waals surface area contributed by atoms with Gasteiger partial charge in [-0.15, -0.1) is 0 Å². The third-order valence-corrected chi connectivity index (χ3v) is 3.65. The molecule has 0 aliphatic carbocycles. The van der Waals surface area contributed by atoms with Crippen LogP contribution in [0.3, 0.4) is 0 Å². The second-order valence-corrected chi connectivity index (χ2v) is 5.35. The van der Waals surface area contributed by atoms with Crippen LogP contribution in [0.15, 0.2) is 16.5 Å². The Morgan fingerprint density at radius 2 is 2.26 bits per heavy atom. The van der Waals surface area contributed by atoms with Crippen molar-refractivity contribution in [2.24, 2.45) is 5.92 Å². The van der Waals surface area contributed by atoms with Crippen molar-refractivity contribution in [2.45, 2.75) is 32.9 Å². The molecule has 19 heavy (non-hydrogen) atoms. The third kappa shape index (κ3) is 4.64. The van der Waals surface area contributed by atoms with Crippen LogP contribution < -0.4 is 5.32 Å². The number of nitrogens with zero attached hydrogens (tertiary/aromatic N) is 1. The Hall–Kier alpha value is -0.840. The third-order valence-electron chi connectivity index (χ3n) is 3.65. The van der Waals surface area contributed by atoms with Crippen LogP contribution in [0.4, 0.5) is 0 Å². The van der Waals surface area contributed by atoms with Crippen molar-refractivity contribution in [3.8, 4) is 0 Å². The number of likely N-dealkylation sites (tertiary alicyclic amines) is 1. The van der Waals surface area contributed by atoms with Crippen molar-refractivity contribution in [3.63, 3.8) is 0 Å². The molecule has 0 aromatic carbocycles. The molecule has 1 atom stereocenters. The molecule has 0 amide bonds. The maximum atomic E-state index is 5.85. The molecule has 1 fully saturated rings. The predicted molar refractivity (Wildman–Crippen MR) is 76.0 cm³/mol. The molecule has 4 heteroatoms. The summed E-state index contributed by atoms with van der Waals surface area (Å²) in [6, 6.07) is 4.18. The van der Waals surface area contributed by atoms with E-state index in [0.29, 0.717) is 5.92 Å². The first-order valence-electron chi connectivity index (χ1n) is 7.31. The molecule has 2 heterocycles. The van der Waals surface area contributed by atoms with Crippen LogP contribution in [0.2, 0.25) is 0 Å². The van der Waals surface area contributed by atoms with Crippen molar-refractivity contribution < 1.29 is 9.15 Å². The molecule has 1 aromatic heterocycles. The quantitative estimate of drug-likeness (QED) is 0.821. The maximum absolute atomic E-state index is 5.85. The van der Waals surface area contributed by atoms with Gasteiger partial charge in [-0.2, -0.15) is 0 Å². The van der Waals surface area contributed by atoms with E-state index in [0.717, 1.165) is 44.3 Å². The van der Waals surface area contributed by atoms with E-state index in [1.54, 1.807) is 7.11 Å². The fraction of sp³-hybridized carbons (Fsp3) is 0.733. The second-order valence-electron chi connectivity index (χ2n) is 5.35. The van der Waals surface area contributed by atoms with Gasteiger partial charge in [0.1, 0.15) is 11.5 Å². The van der Waals surface area contributed by atoms with Crippen LogP contribution in [0, 0.1) is 5.92 Å². The molecule has 108 valence electrons. The Morgan fingerprint density at radius 1 is 1.42 bits per heavy atom. The monoisotopic (exact) mass is 266 g/mol. The molecular formula is C15H26N2O2. The van der Waals surface area contributed by atoms with Crippen molar-refractivity contribution in [1.29, 1.82) is 0 Å². The Balaban J connectivity index is 1.81. The molecule has 1 N–H and O–H groups in total. The Bertz CT molecular complexity index is 363. The van der Waals surface area contributed by atoms with E-state index in [1.165, 1.54) is 19.4 Å². The van der Waals surface area contributed by atoms with Crippen molar-refractivity contribution in [1.82, 2.24) is 10.2 Å². The highest BCUT2D eigenvalue weighted by atomic mass is 16.5. The number of rotatable bonds is 7. The van der Waals surface area contributed by atoms with Gasteiger partial charge in [0.25, 0.3) is 0 Å². The first-order valence-corrected chi connectivity index (χ1v) is 7.31. The van der Waals surface area contributed by atoms with Crippen LogP contribution in [0.1, 0.15) is 31.3 Å². The SMILES string of the molecule is CCNCc1ccc(CN2CCCC(COC)C2)o1. The van der Waals surface area contributed by atoms with Gasteiger partial charge >= 0.3 is 0 Å². The number of hydrogen-bond acceptors (Lipinski definition) is 4. The number of methoxy groups -OCH3 is 1. The first kappa shape index (κ1) is 14.6. The molecule has 1 aromatic rings. The molecule has 0 spiro atoms. The van der Waals surface area contributed by atoms with Gasteiger partial charge in [-0.1, -0.05) is 6.92 Å². The lowest BCUT2D eigenvalue weighted by molar-refractivity contribution is 0.0838. The van der Waals surface area contributed by atoms with Crippen LogP contribution in [0.25, 0.3) is 0 Å². The number of furan rings is 1. The zero-order valence-electron chi connectivity index (χ0n) is 12.2. The van der Waals surface area contributed by atoms with Crippen molar-refractivity contribution >= 4 is 0 Å². The van der Waals surface area contributed by atoms with E-state index in [1.807, 2.05) is 0 Å². The number of hydrogen-bond donors (Lipinski definition) is 1. The molecule has 1 aliphatic heterocycles. The van der Waals surface area contributed by atoms with Crippen LogP contribution in [0.5, 0.6) is 0 Å². The van der Waals surface area contributed by atoms with E-state index in [-0.39, 0.29) is 0 Å². The summed E-state index contributed by atoms with van der Waals surface area (Å²) in [5.41, 5.74) is 0. The Morgan fingerprint density at radius 3 is 3.05 bits per heavy atom. The van der Waals surface area contributed by atoms with Gasteiger partial charge in [-0.25, -0.2) is 0 Å². The van der Waals surface area contributed by atoms with Crippen LogP contribution in [-0.4, -0.2) is 38.3 Å². The lowest BCUT2D eigenvalue weighted by Crippen LogP contribution is -2.36. The second kappa shape index (κ2) is 7.68. The van der Waals surface area contributed by atoms with Gasteiger partial charge in [0.05, 0.1) is 19.7 Å². The van der Waals surface area contributed by atoms with Gasteiger partial charge < -0.3 is 14.5 Å². The Kier molecular flexibility index (Phi) is 5.89. The van der Waals surface area contributed by atoms with Crippen LogP contribution in [-0.2, 0) is 17.8 Å². The van der Waals surface area contributed by atoms with Gasteiger partial charge in [-0.05, 0) is 44.0 Å². The minimum atomic E-state index is 0.676. The number of ether oxygens (including phenoxy) is 1. The van der Waals surface area contributed by atoms with Crippen molar-refractivity contribution in [2.75, 3.05) is 33.4 Å². The standard InChI is InChI=1S/C15H26N2O2/c1-3-16-9-14-6-7-15(19-14)11-17-8-4-5-13(10-17)12-18-2/h6-7,13,16H,3-5,8-12H2,1-2H3. The first-order chi connectivity index (χ1) is 9.31. The topological polar surface area (TPSA) is 37.6 Å². The molecule has 0 radical (unpaired) electrons. The van der Waals surface area contributed by atoms with Crippen molar-refractivity contribution in [3.05, 3.63) is 23.7 Å². The fourth-order valence-corrected chi connectivity index (χ4v) is 2.74. The lowest BCUT2D eigenvalue weighted by Gasteiger charge is -2.31. The minimum Gasteiger partial charge on any atom is -0.463 e. The molecule has 1 aliphatic rings. The average Bonchev–Trinajstić information content (AvgIpc) is 2.85.